The van der Waals surface area contributed by atoms with Crippen molar-refractivity contribution in [1.82, 2.24) is 25.3 Å². The van der Waals surface area contributed by atoms with E-state index in [2.05, 4.69) is 20.6 Å². The molecule has 0 saturated heterocycles. The summed E-state index contributed by atoms with van der Waals surface area (Å²) in [5, 5.41) is 11.6. The molecule has 0 atom stereocenters. The maximum absolute atomic E-state index is 12.8. The molecule has 0 bridgehead atoms. The minimum Gasteiger partial charge on any atom is -0.348 e. The van der Waals surface area contributed by atoms with Gasteiger partial charge in [0.05, 0.1) is 5.69 Å². The van der Waals surface area contributed by atoms with Crippen molar-refractivity contribution in [2.75, 3.05) is 0 Å². The van der Waals surface area contributed by atoms with Gasteiger partial charge in [0.15, 0.2) is 5.69 Å². The summed E-state index contributed by atoms with van der Waals surface area (Å²) < 4.78 is 1.71. The summed E-state index contributed by atoms with van der Waals surface area (Å²) in [5.74, 6) is -0.172. The van der Waals surface area contributed by atoms with E-state index in [9.17, 15) is 4.79 Å². The molecule has 6 heteroatoms. The van der Waals surface area contributed by atoms with Crippen molar-refractivity contribution in [3.05, 3.63) is 60.0 Å². The van der Waals surface area contributed by atoms with Gasteiger partial charge in [-0.3, -0.25) is 9.78 Å². The largest absolute Gasteiger partial charge is 0.348 e. The second-order valence-corrected chi connectivity index (χ2v) is 6.73. The van der Waals surface area contributed by atoms with Crippen LogP contribution in [0.3, 0.4) is 0 Å². The number of hydrogen-bond acceptors (Lipinski definition) is 4. The van der Waals surface area contributed by atoms with Crippen LogP contribution in [0.1, 0.15) is 41.7 Å². The zero-order valence-corrected chi connectivity index (χ0v) is 14.7. The van der Waals surface area contributed by atoms with Crippen molar-refractivity contribution in [3.8, 4) is 16.9 Å². The van der Waals surface area contributed by atoms with Gasteiger partial charge in [-0.25, -0.2) is 4.68 Å². The molecule has 1 amide bonds. The molecule has 1 fully saturated rings. The molecule has 2 aromatic heterocycles. The van der Waals surface area contributed by atoms with Gasteiger partial charge in [0, 0.05) is 24.0 Å². The van der Waals surface area contributed by atoms with E-state index in [0.717, 1.165) is 42.5 Å². The average Bonchev–Trinajstić information content (AvgIpc) is 3.32. The first kappa shape index (κ1) is 16.4. The molecule has 4 rings (SSSR count). The molecule has 2 heterocycles. The monoisotopic (exact) mass is 347 g/mol. The second kappa shape index (κ2) is 7.07. The van der Waals surface area contributed by atoms with E-state index in [0.29, 0.717) is 11.4 Å². The minimum atomic E-state index is -0.172. The molecule has 1 aromatic carbocycles. The van der Waals surface area contributed by atoms with Crippen LogP contribution in [0.25, 0.3) is 16.9 Å². The number of aromatic nitrogens is 4. The third-order valence-corrected chi connectivity index (χ3v) is 4.79. The predicted molar refractivity (Wildman–Crippen MR) is 99.0 cm³/mol. The van der Waals surface area contributed by atoms with Gasteiger partial charge < -0.3 is 5.32 Å². The zero-order valence-electron chi connectivity index (χ0n) is 14.7. The fourth-order valence-electron chi connectivity index (χ4n) is 3.39. The second-order valence-electron chi connectivity index (χ2n) is 6.73. The Balaban J connectivity index is 1.76. The van der Waals surface area contributed by atoms with Gasteiger partial charge in [0.2, 0.25) is 0 Å². The Hall–Kier alpha value is -3.02. The smallest absolute Gasteiger partial charge is 0.274 e. The van der Waals surface area contributed by atoms with E-state index in [-0.39, 0.29) is 11.9 Å². The molecule has 26 heavy (non-hydrogen) atoms. The van der Waals surface area contributed by atoms with Crippen molar-refractivity contribution in [2.24, 2.45) is 0 Å². The Morgan fingerprint density at radius 3 is 2.62 bits per heavy atom. The third-order valence-electron chi connectivity index (χ3n) is 4.79. The van der Waals surface area contributed by atoms with Gasteiger partial charge in [0.1, 0.15) is 5.69 Å². The van der Waals surface area contributed by atoms with Gasteiger partial charge in [-0.2, -0.15) is 0 Å². The summed E-state index contributed by atoms with van der Waals surface area (Å²) in [6.45, 7) is 2.04. The number of benzene rings is 1. The van der Waals surface area contributed by atoms with Crippen LogP contribution in [0.15, 0.2) is 48.8 Å². The molecule has 1 aliphatic carbocycles. The lowest BCUT2D eigenvalue weighted by Gasteiger charge is -2.12. The highest BCUT2D eigenvalue weighted by molar-refractivity contribution is 5.98. The molecule has 0 aliphatic heterocycles. The quantitative estimate of drug-likeness (QED) is 0.786. The summed E-state index contributed by atoms with van der Waals surface area (Å²) in [6.07, 6.45) is 7.82. The Labute approximate surface area is 152 Å². The molecule has 132 valence electrons. The van der Waals surface area contributed by atoms with Crippen LogP contribution in [-0.4, -0.2) is 31.9 Å². The Bertz CT molecular complexity index is 896. The van der Waals surface area contributed by atoms with E-state index in [1.165, 1.54) is 0 Å². The highest BCUT2D eigenvalue weighted by Crippen LogP contribution is 2.26. The fraction of sp³-hybridized carbons (Fsp3) is 0.300. The number of pyridine rings is 1. The first-order valence-electron chi connectivity index (χ1n) is 8.96. The highest BCUT2D eigenvalue weighted by Gasteiger charge is 2.25. The van der Waals surface area contributed by atoms with Crippen LogP contribution in [0.5, 0.6) is 0 Å². The summed E-state index contributed by atoms with van der Waals surface area (Å²) in [6, 6.07) is 12.0. The third kappa shape index (κ3) is 3.22. The molecule has 0 radical (unpaired) electrons. The number of carbonyl (C=O) groups excluding carboxylic acids is 1. The summed E-state index contributed by atoms with van der Waals surface area (Å²) in [7, 11) is 0. The van der Waals surface area contributed by atoms with Gasteiger partial charge >= 0.3 is 0 Å². The van der Waals surface area contributed by atoms with Gasteiger partial charge in [-0.15, -0.1) is 5.10 Å². The van der Waals surface area contributed by atoms with Crippen LogP contribution in [0.2, 0.25) is 0 Å². The van der Waals surface area contributed by atoms with Crippen molar-refractivity contribution >= 4 is 5.91 Å². The number of aryl methyl sites for hydroxylation is 1. The minimum absolute atomic E-state index is 0.172. The summed E-state index contributed by atoms with van der Waals surface area (Å²) in [5.41, 5.74) is 3.84. The lowest BCUT2D eigenvalue weighted by atomic mass is 10.1. The van der Waals surface area contributed by atoms with Gasteiger partial charge in [-0.1, -0.05) is 35.8 Å². The lowest BCUT2D eigenvalue weighted by molar-refractivity contribution is 0.0933. The van der Waals surface area contributed by atoms with Crippen molar-refractivity contribution in [2.45, 2.75) is 38.6 Å². The lowest BCUT2D eigenvalue weighted by Crippen LogP contribution is -2.33. The summed E-state index contributed by atoms with van der Waals surface area (Å²) >= 11 is 0. The van der Waals surface area contributed by atoms with Crippen LogP contribution >= 0.6 is 0 Å². The maximum Gasteiger partial charge on any atom is 0.274 e. The van der Waals surface area contributed by atoms with E-state index in [1.54, 1.807) is 17.1 Å². The molecule has 0 spiro atoms. The number of nitrogens with zero attached hydrogens (tertiary/aromatic N) is 4. The first-order chi connectivity index (χ1) is 12.7. The molecule has 6 nitrogen and oxygen atoms in total. The maximum atomic E-state index is 12.8. The van der Waals surface area contributed by atoms with Crippen LogP contribution < -0.4 is 5.32 Å². The normalized spacial score (nSPS) is 14.5. The van der Waals surface area contributed by atoms with E-state index >= 15 is 0 Å². The molecule has 1 aliphatic rings. The van der Waals surface area contributed by atoms with Crippen molar-refractivity contribution in [1.29, 1.82) is 0 Å². The number of carbonyl (C=O) groups is 1. The number of amides is 1. The first-order valence-corrected chi connectivity index (χ1v) is 8.96. The molecule has 1 N–H and O–H groups in total. The van der Waals surface area contributed by atoms with Gasteiger partial charge in [-0.05, 0) is 44.0 Å². The fourth-order valence-corrected chi connectivity index (χ4v) is 3.39. The zero-order chi connectivity index (χ0) is 17.9. The number of nitrogens with one attached hydrogen (secondary N) is 1. The molecular weight excluding hydrogens is 326 g/mol. The Kier molecular flexibility index (Phi) is 4.48. The topological polar surface area (TPSA) is 72.7 Å². The Morgan fingerprint density at radius 2 is 1.92 bits per heavy atom. The highest BCUT2D eigenvalue weighted by atomic mass is 16.2. The number of hydrogen-bond donors (Lipinski definition) is 1. The standard InChI is InChI=1S/C20H21N5O/c1-14-8-10-17(11-9-14)25-19(15-5-4-12-21-13-15)18(23-24-25)20(26)22-16-6-2-3-7-16/h4-5,8-13,16H,2-3,6-7H2,1H3,(H,22,26). The Morgan fingerprint density at radius 1 is 1.15 bits per heavy atom. The van der Waals surface area contributed by atoms with Crippen LogP contribution in [0.4, 0.5) is 0 Å². The van der Waals surface area contributed by atoms with Crippen LogP contribution in [-0.2, 0) is 0 Å². The molecule has 3 aromatic rings. The predicted octanol–water partition coefficient (Wildman–Crippen LogP) is 3.31. The van der Waals surface area contributed by atoms with Crippen molar-refractivity contribution < 1.29 is 4.79 Å². The molecular formula is C20H21N5O. The average molecular weight is 347 g/mol. The SMILES string of the molecule is Cc1ccc(-n2nnc(C(=O)NC3CCCC3)c2-c2cccnc2)cc1. The number of rotatable bonds is 4. The van der Waals surface area contributed by atoms with Gasteiger partial charge in [0.25, 0.3) is 5.91 Å². The van der Waals surface area contributed by atoms with E-state index in [4.69, 9.17) is 0 Å². The van der Waals surface area contributed by atoms with E-state index < -0.39 is 0 Å². The van der Waals surface area contributed by atoms with E-state index in [1.807, 2.05) is 43.3 Å². The van der Waals surface area contributed by atoms with Crippen molar-refractivity contribution in [3.63, 3.8) is 0 Å². The van der Waals surface area contributed by atoms with Crippen LogP contribution in [0, 0.1) is 6.92 Å². The molecule has 0 unspecified atom stereocenters. The molecule has 1 saturated carbocycles. The summed E-state index contributed by atoms with van der Waals surface area (Å²) in [4.78, 5) is 17.0.